The largest absolute Gasteiger partial charge is 0.355 e. The van der Waals surface area contributed by atoms with Gasteiger partial charge in [-0.15, -0.1) is 0 Å². The summed E-state index contributed by atoms with van der Waals surface area (Å²) in [6.07, 6.45) is 0. The molecule has 0 aliphatic carbocycles. The Labute approximate surface area is 119 Å². The lowest BCUT2D eigenvalue weighted by molar-refractivity contribution is 1.38. The van der Waals surface area contributed by atoms with Crippen molar-refractivity contribution in [3.05, 3.63) is 57.0 Å². The molecule has 4 heteroatoms. The highest BCUT2D eigenvalue weighted by Gasteiger charge is 2.02. The topological polar surface area (TPSA) is 35.8 Å². The quantitative estimate of drug-likeness (QED) is 0.842. The van der Waals surface area contributed by atoms with E-state index >= 15 is 0 Å². The third-order valence-electron chi connectivity index (χ3n) is 2.56. The second-order valence-corrected chi connectivity index (χ2v) is 5.16. The van der Waals surface area contributed by atoms with Crippen LogP contribution in [0, 0.1) is 18.3 Å². The molecule has 0 saturated heterocycles. The zero-order valence-electron chi connectivity index (χ0n) is 9.67. The van der Waals surface area contributed by atoms with E-state index in [-0.39, 0.29) is 0 Å². The number of benzene rings is 2. The molecule has 90 valence electrons. The second-order valence-electron chi connectivity index (χ2n) is 3.90. The van der Waals surface area contributed by atoms with Crippen LogP contribution in [0.5, 0.6) is 0 Å². The highest BCUT2D eigenvalue weighted by atomic mass is 79.9. The third-order valence-corrected chi connectivity index (χ3v) is 3.79. The van der Waals surface area contributed by atoms with Crippen molar-refractivity contribution in [1.29, 1.82) is 5.26 Å². The highest BCUT2D eigenvalue weighted by Crippen LogP contribution is 2.27. The van der Waals surface area contributed by atoms with Gasteiger partial charge in [-0.1, -0.05) is 11.6 Å². The Hall–Kier alpha value is -1.50. The van der Waals surface area contributed by atoms with Gasteiger partial charge < -0.3 is 5.32 Å². The van der Waals surface area contributed by atoms with Crippen molar-refractivity contribution < 1.29 is 0 Å². The molecule has 0 unspecified atom stereocenters. The van der Waals surface area contributed by atoms with E-state index in [4.69, 9.17) is 16.9 Å². The van der Waals surface area contributed by atoms with Crippen LogP contribution < -0.4 is 5.32 Å². The zero-order valence-corrected chi connectivity index (χ0v) is 12.0. The number of nitrogens with zero attached hydrogens (tertiary/aromatic N) is 1. The van der Waals surface area contributed by atoms with Crippen LogP contribution in [0.1, 0.15) is 11.1 Å². The lowest BCUT2D eigenvalue weighted by atomic mass is 10.1. The number of rotatable bonds is 2. The van der Waals surface area contributed by atoms with E-state index in [0.717, 1.165) is 21.4 Å². The van der Waals surface area contributed by atoms with Crippen LogP contribution in [0.3, 0.4) is 0 Å². The average Bonchev–Trinajstić information content (AvgIpc) is 2.34. The third kappa shape index (κ3) is 2.84. The van der Waals surface area contributed by atoms with Gasteiger partial charge in [0.25, 0.3) is 0 Å². The standard InChI is InChI=1S/C14H10BrClN2/c1-9-6-11(3-2-10(9)8-17)18-12-4-5-13(15)14(16)7-12/h2-7,18H,1H3. The Morgan fingerprint density at radius 3 is 2.44 bits per heavy atom. The molecule has 0 aliphatic rings. The van der Waals surface area contributed by atoms with Gasteiger partial charge in [0.2, 0.25) is 0 Å². The number of hydrogen-bond acceptors (Lipinski definition) is 2. The molecule has 0 fully saturated rings. The number of hydrogen-bond donors (Lipinski definition) is 1. The number of anilines is 2. The molecule has 0 aliphatic heterocycles. The fourth-order valence-electron chi connectivity index (χ4n) is 1.61. The number of halogens is 2. The summed E-state index contributed by atoms with van der Waals surface area (Å²) in [6, 6.07) is 13.4. The van der Waals surface area contributed by atoms with Crippen molar-refractivity contribution in [1.82, 2.24) is 0 Å². The molecule has 0 aromatic heterocycles. The van der Waals surface area contributed by atoms with Gasteiger partial charge in [0.15, 0.2) is 0 Å². The second kappa shape index (κ2) is 5.43. The number of nitriles is 1. The number of nitrogens with one attached hydrogen (secondary N) is 1. The summed E-state index contributed by atoms with van der Waals surface area (Å²) >= 11 is 9.38. The molecule has 0 heterocycles. The van der Waals surface area contributed by atoms with Crippen molar-refractivity contribution in [3.8, 4) is 6.07 Å². The highest BCUT2D eigenvalue weighted by molar-refractivity contribution is 9.10. The van der Waals surface area contributed by atoms with Crippen LogP contribution >= 0.6 is 27.5 Å². The first kappa shape index (κ1) is 12.9. The molecule has 0 spiro atoms. The first-order chi connectivity index (χ1) is 8.60. The summed E-state index contributed by atoms with van der Waals surface area (Å²) in [4.78, 5) is 0. The Morgan fingerprint density at radius 2 is 1.83 bits per heavy atom. The van der Waals surface area contributed by atoms with Gasteiger partial charge in [0.05, 0.1) is 16.7 Å². The molecule has 2 nitrogen and oxygen atoms in total. The normalized spacial score (nSPS) is 9.89. The molecule has 0 amide bonds. The van der Waals surface area contributed by atoms with E-state index in [1.807, 2.05) is 37.3 Å². The first-order valence-corrected chi connectivity index (χ1v) is 6.50. The summed E-state index contributed by atoms with van der Waals surface area (Å²) in [5, 5.41) is 12.8. The molecule has 2 rings (SSSR count). The first-order valence-electron chi connectivity index (χ1n) is 5.33. The summed E-state index contributed by atoms with van der Waals surface area (Å²) in [6.45, 7) is 1.91. The Bertz CT molecular complexity index is 632. The minimum atomic E-state index is 0.658. The van der Waals surface area contributed by atoms with E-state index in [1.54, 1.807) is 6.07 Å². The van der Waals surface area contributed by atoms with Gasteiger partial charge in [0, 0.05) is 15.8 Å². The van der Waals surface area contributed by atoms with Gasteiger partial charge >= 0.3 is 0 Å². The van der Waals surface area contributed by atoms with Crippen molar-refractivity contribution in [2.24, 2.45) is 0 Å². The SMILES string of the molecule is Cc1cc(Nc2ccc(Br)c(Cl)c2)ccc1C#N. The maximum atomic E-state index is 8.87. The fourth-order valence-corrected chi connectivity index (χ4v) is 2.03. The zero-order chi connectivity index (χ0) is 13.1. The van der Waals surface area contributed by atoms with Crippen LogP contribution in [0.2, 0.25) is 5.02 Å². The molecule has 1 N–H and O–H groups in total. The molecule has 2 aromatic rings. The molecule has 0 atom stereocenters. The predicted octanol–water partition coefficient (Wildman–Crippen LogP) is 5.03. The Kier molecular flexibility index (Phi) is 3.90. The van der Waals surface area contributed by atoms with E-state index in [2.05, 4.69) is 27.3 Å². The van der Waals surface area contributed by atoms with E-state index < -0.39 is 0 Å². The van der Waals surface area contributed by atoms with Crippen molar-refractivity contribution in [3.63, 3.8) is 0 Å². The van der Waals surface area contributed by atoms with Gasteiger partial charge in [-0.25, -0.2) is 0 Å². The molecule has 0 radical (unpaired) electrons. The molecule has 0 saturated carbocycles. The summed E-state index contributed by atoms with van der Waals surface area (Å²) in [7, 11) is 0. The summed E-state index contributed by atoms with van der Waals surface area (Å²) in [5.74, 6) is 0. The van der Waals surface area contributed by atoms with Crippen LogP contribution in [0.25, 0.3) is 0 Å². The smallest absolute Gasteiger partial charge is 0.0994 e. The molecular formula is C14H10BrClN2. The molecular weight excluding hydrogens is 312 g/mol. The maximum absolute atomic E-state index is 8.87. The Balaban J connectivity index is 2.26. The van der Waals surface area contributed by atoms with Crippen LogP contribution in [-0.2, 0) is 0 Å². The van der Waals surface area contributed by atoms with E-state index in [1.165, 1.54) is 0 Å². The van der Waals surface area contributed by atoms with Gasteiger partial charge in [-0.2, -0.15) is 5.26 Å². The van der Waals surface area contributed by atoms with Gasteiger partial charge in [-0.05, 0) is 64.8 Å². The predicted molar refractivity (Wildman–Crippen MR) is 78.3 cm³/mol. The van der Waals surface area contributed by atoms with Crippen molar-refractivity contribution in [2.75, 3.05) is 5.32 Å². The minimum absolute atomic E-state index is 0.658. The minimum Gasteiger partial charge on any atom is -0.355 e. The van der Waals surface area contributed by atoms with Crippen LogP contribution in [0.15, 0.2) is 40.9 Å². The maximum Gasteiger partial charge on any atom is 0.0994 e. The average molecular weight is 322 g/mol. The van der Waals surface area contributed by atoms with Gasteiger partial charge in [0.1, 0.15) is 0 Å². The molecule has 18 heavy (non-hydrogen) atoms. The summed E-state index contributed by atoms with van der Waals surface area (Å²) < 4.78 is 0.866. The van der Waals surface area contributed by atoms with E-state index in [9.17, 15) is 0 Å². The molecule has 0 bridgehead atoms. The Morgan fingerprint density at radius 1 is 1.17 bits per heavy atom. The van der Waals surface area contributed by atoms with E-state index in [0.29, 0.717) is 10.6 Å². The summed E-state index contributed by atoms with van der Waals surface area (Å²) in [5.41, 5.74) is 3.48. The molecule has 2 aromatic carbocycles. The van der Waals surface area contributed by atoms with Gasteiger partial charge in [-0.3, -0.25) is 0 Å². The van der Waals surface area contributed by atoms with Crippen LogP contribution in [0.4, 0.5) is 11.4 Å². The lowest BCUT2D eigenvalue weighted by Crippen LogP contribution is -1.92. The van der Waals surface area contributed by atoms with Crippen molar-refractivity contribution >= 4 is 38.9 Å². The number of aryl methyl sites for hydroxylation is 1. The lowest BCUT2D eigenvalue weighted by Gasteiger charge is -2.09. The fraction of sp³-hybridized carbons (Fsp3) is 0.0714. The van der Waals surface area contributed by atoms with Crippen LogP contribution in [-0.4, -0.2) is 0 Å². The monoisotopic (exact) mass is 320 g/mol. The van der Waals surface area contributed by atoms with Crippen molar-refractivity contribution in [2.45, 2.75) is 6.92 Å².